The molecular formula is C11H15N5O2. The largest absolute Gasteiger partial charge is 0.467 e. The number of aryl methyl sites for hydroxylation is 1. The quantitative estimate of drug-likeness (QED) is 0.847. The van der Waals surface area contributed by atoms with Gasteiger partial charge in [-0.2, -0.15) is 15.0 Å². The Balaban J connectivity index is 2.16. The van der Waals surface area contributed by atoms with Crippen LogP contribution in [0.1, 0.15) is 24.5 Å². The second-order valence-electron chi connectivity index (χ2n) is 3.82. The van der Waals surface area contributed by atoms with Gasteiger partial charge in [-0.05, 0) is 26.0 Å². The van der Waals surface area contributed by atoms with Gasteiger partial charge in [-0.25, -0.2) is 0 Å². The van der Waals surface area contributed by atoms with Crippen molar-refractivity contribution in [3.05, 3.63) is 23.7 Å². The summed E-state index contributed by atoms with van der Waals surface area (Å²) in [5, 5.41) is 3.07. The average Bonchev–Trinajstić information content (AvgIpc) is 2.75. The normalized spacial score (nSPS) is 12.2. The number of methoxy groups -OCH3 is 1. The molecule has 0 aliphatic heterocycles. The maximum absolute atomic E-state index is 5.55. The molecule has 0 amide bonds. The molecule has 0 aromatic carbocycles. The van der Waals surface area contributed by atoms with Gasteiger partial charge in [-0.15, -0.1) is 0 Å². The highest BCUT2D eigenvalue weighted by Crippen LogP contribution is 2.20. The van der Waals surface area contributed by atoms with Crippen molar-refractivity contribution in [1.82, 2.24) is 15.0 Å². The molecule has 7 nitrogen and oxygen atoms in total. The van der Waals surface area contributed by atoms with Gasteiger partial charge in [0.05, 0.1) is 13.2 Å². The van der Waals surface area contributed by atoms with Crippen molar-refractivity contribution in [2.45, 2.75) is 19.9 Å². The minimum Gasteiger partial charge on any atom is -0.467 e. The predicted octanol–water partition coefficient (Wildman–Crippen LogP) is 1.54. The molecule has 1 unspecified atom stereocenters. The topological polar surface area (TPSA) is 99.1 Å². The van der Waals surface area contributed by atoms with E-state index in [1.165, 1.54) is 7.11 Å². The smallest absolute Gasteiger partial charge is 0.322 e. The van der Waals surface area contributed by atoms with Crippen molar-refractivity contribution in [3.8, 4) is 6.01 Å². The van der Waals surface area contributed by atoms with Crippen molar-refractivity contribution in [1.29, 1.82) is 0 Å². The van der Waals surface area contributed by atoms with Crippen LogP contribution in [0.2, 0.25) is 0 Å². The number of anilines is 2. The van der Waals surface area contributed by atoms with Crippen LogP contribution in [0, 0.1) is 6.92 Å². The Morgan fingerprint density at radius 1 is 1.33 bits per heavy atom. The van der Waals surface area contributed by atoms with Crippen LogP contribution >= 0.6 is 0 Å². The number of nitrogen functional groups attached to an aromatic ring is 1. The summed E-state index contributed by atoms with van der Waals surface area (Å²) in [5.74, 6) is 2.10. The first kappa shape index (κ1) is 12.2. The van der Waals surface area contributed by atoms with Gasteiger partial charge in [0.2, 0.25) is 11.9 Å². The lowest BCUT2D eigenvalue weighted by atomic mass is 10.2. The summed E-state index contributed by atoms with van der Waals surface area (Å²) < 4.78 is 10.4. The number of rotatable bonds is 4. The monoisotopic (exact) mass is 249 g/mol. The van der Waals surface area contributed by atoms with Crippen LogP contribution in [0.25, 0.3) is 0 Å². The van der Waals surface area contributed by atoms with Crippen LogP contribution < -0.4 is 15.8 Å². The Kier molecular flexibility index (Phi) is 3.31. The first-order chi connectivity index (χ1) is 8.58. The molecule has 7 heteroatoms. The second-order valence-corrected chi connectivity index (χ2v) is 3.82. The van der Waals surface area contributed by atoms with Crippen LogP contribution in [-0.4, -0.2) is 22.1 Å². The number of nitrogens with two attached hydrogens (primary N) is 1. The fraction of sp³-hybridized carbons (Fsp3) is 0.364. The lowest BCUT2D eigenvalue weighted by Gasteiger charge is -2.11. The molecule has 0 saturated carbocycles. The first-order valence-electron chi connectivity index (χ1n) is 5.47. The van der Waals surface area contributed by atoms with E-state index in [4.69, 9.17) is 14.9 Å². The van der Waals surface area contributed by atoms with E-state index in [-0.39, 0.29) is 18.0 Å². The molecule has 2 aromatic rings. The van der Waals surface area contributed by atoms with Crippen LogP contribution in [0.3, 0.4) is 0 Å². The highest BCUT2D eigenvalue weighted by Gasteiger charge is 2.12. The summed E-state index contributed by atoms with van der Waals surface area (Å²) in [7, 11) is 1.47. The molecule has 0 spiro atoms. The van der Waals surface area contributed by atoms with Crippen molar-refractivity contribution in [3.63, 3.8) is 0 Å². The number of ether oxygens (including phenoxy) is 1. The Bertz CT molecular complexity index is 540. The Labute approximate surface area is 104 Å². The molecule has 1 atom stereocenters. The van der Waals surface area contributed by atoms with Crippen LogP contribution in [-0.2, 0) is 0 Å². The summed E-state index contributed by atoms with van der Waals surface area (Å²) in [6, 6.07) is 3.89. The summed E-state index contributed by atoms with van der Waals surface area (Å²) >= 11 is 0. The lowest BCUT2D eigenvalue weighted by molar-refractivity contribution is 0.379. The standard InChI is InChI=1S/C11H15N5O2/c1-6-4-5-8(18-6)7(2)13-10-14-9(12)15-11(16-10)17-3/h4-5,7H,1-3H3,(H3,12,13,14,15,16). The number of hydrogen-bond acceptors (Lipinski definition) is 7. The minimum atomic E-state index is -0.0785. The van der Waals surface area contributed by atoms with Crippen LogP contribution in [0.5, 0.6) is 6.01 Å². The molecule has 0 aliphatic rings. The van der Waals surface area contributed by atoms with E-state index in [1.54, 1.807) is 0 Å². The zero-order chi connectivity index (χ0) is 13.1. The molecule has 2 heterocycles. The highest BCUT2D eigenvalue weighted by atomic mass is 16.5. The fourth-order valence-electron chi connectivity index (χ4n) is 1.48. The van der Waals surface area contributed by atoms with Gasteiger partial charge in [-0.3, -0.25) is 0 Å². The Hall–Kier alpha value is -2.31. The van der Waals surface area contributed by atoms with Crippen molar-refractivity contribution < 1.29 is 9.15 Å². The van der Waals surface area contributed by atoms with Crippen molar-refractivity contribution in [2.75, 3.05) is 18.2 Å². The van der Waals surface area contributed by atoms with Crippen molar-refractivity contribution >= 4 is 11.9 Å². The first-order valence-corrected chi connectivity index (χ1v) is 5.47. The zero-order valence-corrected chi connectivity index (χ0v) is 10.5. The van der Waals surface area contributed by atoms with Gasteiger partial charge < -0.3 is 20.2 Å². The van der Waals surface area contributed by atoms with E-state index < -0.39 is 0 Å². The Morgan fingerprint density at radius 3 is 2.72 bits per heavy atom. The number of aromatic nitrogens is 3. The van der Waals surface area contributed by atoms with Gasteiger partial charge in [0, 0.05) is 0 Å². The van der Waals surface area contributed by atoms with Gasteiger partial charge in [0.15, 0.2) is 0 Å². The fourth-order valence-corrected chi connectivity index (χ4v) is 1.48. The molecule has 2 rings (SSSR count). The molecule has 0 bridgehead atoms. The number of nitrogens with zero attached hydrogens (tertiary/aromatic N) is 3. The molecule has 2 aromatic heterocycles. The molecule has 0 fully saturated rings. The molecule has 3 N–H and O–H groups in total. The Morgan fingerprint density at radius 2 is 2.11 bits per heavy atom. The van der Waals surface area contributed by atoms with Gasteiger partial charge in [0.1, 0.15) is 11.5 Å². The molecule has 96 valence electrons. The lowest BCUT2D eigenvalue weighted by Crippen LogP contribution is -2.11. The van der Waals surface area contributed by atoms with E-state index in [0.717, 1.165) is 11.5 Å². The maximum atomic E-state index is 5.55. The molecular weight excluding hydrogens is 234 g/mol. The third-order valence-electron chi connectivity index (χ3n) is 2.35. The third kappa shape index (κ3) is 2.68. The van der Waals surface area contributed by atoms with E-state index in [0.29, 0.717) is 5.95 Å². The van der Waals surface area contributed by atoms with Crippen LogP contribution in [0.15, 0.2) is 16.5 Å². The molecule has 0 radical (unpaired) electrons. The number of nitrogens with one attached hydrogen (secondary N) is 1. The average molecular weight is 249 g/mol. The molecule has 0 saturated heterocycles. The SMILES string of the molecule is COc1nc(N)nc(NC(C)c2ccc(C)o2)n1. The summed E-state index contributed by atoms with van der Waals surface area (Å²) in [4.78, 5) is 11.8. The summed E-state index contributed by atoms with van der Waals surface area (Å²) in [6.07, 6.45) is 0. The van der Waals surface area contributed by atoms with Crippen LogP contribution in [0.4, 0.5) is 11.9 Å². The van der Waals surface area contributed by atoms with E-state index >= 15 is 0 Å². The van der Waals surface area contributed by atoms with Gasteiger partial charge in [0.25, 0.3) is 0 Å². The maximum Gasteiger partial charge on any atom is 0.322 e. The predicted molar refractivity (Wildman–Crippen MR) is 66.3 cm³/mol. The van der Waals surface area contributed by atoms with E-state index in [2.05, 4.69) is 20.3 Å². The van der Waals surface area contributed by atoms with Gasteiger partial charge in [-0.1, -0.05) is 0 Å². The second kappa shape index (κ2) is 4.91. The number of furan rings is 1. The highest BCUT2D eigenvalue weighted by molar-refractivity contribution is 5.34. The zero-order valence-electron chi connectivity index (χ0n) is 10.5. The third-order valence-corrected chi connectivity index (χ3v) is 2.35. The van der Waals surface area contributed by atoms with Crippen molar-refractivity contribution in [2.24, 2.45) is 0 Å². The minimum absolute atomic E-state index is 0.0785. The van der Waals surface area contributed by atoms with E-state index in [1.807, 2.05) is 26.0 Å². The van der Waals surface area contributed by atoms with Gasteiger partial charge >= 0.3 is 6.01 Å². The summed E-state index contributed by atoms with van der Waals surface area (Å²) in [6.45, 7) is 3.82. The summed E-state index contributed by atoms with van der Waals surface area (Å²) in [5.41, 5.74) is 5.55. The molecule has 18 heavy (non-hydrogen) atoms. The molecule has 0 aliphatic carbocycles. The number of hydrogen-bond donors (Lipinski definition) is 2. The van der Waals surface area contributed by atoms with E-state index in [9.17, 15) is 0 Å².